The van der Waals surface area contributed by atoms with Gasteiger partial charge in [-0.05, 0) is 57.9 Å². The minimum atomic E-state index is -0.183. The van der Waals surface area contributed by atoms with Gasteiger partial charge in [-0.2, -0.15) is 5.26 Å². The molecule has 0 spiro atoms. The van der Waals surface area contributed by atoms with E-state index in [4.69, 9.17) is 5.26 Å². The van der Waals surface area contributed by atoms with Crippen molar-refractivity contribution in [1.29, 1.82) is 5.26 Å². The molecule has 0 unspecified atom stereocenters. The zero-order valence-corrected chi connectivity index (χ0v) is 13.6. The zero-order chi connectivity index (χ0) is 14.3. The average molecular weight is 323 g/mol. The maximum absolute atomic E-state index is 8.94. The topological polar surface area (TPSA) is 35.8 Å². The summed E-state index contributed by atoms with van der Waals surface area (Å²) < 4.78 is 1.11. The lowest BCUT2D eigenvalue weighted by molar-refractivity contribution is 0.418. The molecule has 0 fully saturated rings. The van der Waals surface area contributed by atoms with Gasteiger partial charge in [0.25, 0.3) is 0 Å². The summed E-state index contributed by atoms with van der Waals surface area (Å²) in [5.41, 5.74) is 1.12. The molecule has 0 bridgehead atoms. The van der Waals surface area contributed by atoms with Crippen molar-refractivity contribution in [2.24, 2.45) is 5.41 Å². The predicted octanol–water partition coefficient (Wildman–Crippen LogP) is 4.82. The molecule has 0 amide bonds. The average Bonchev–Trinajstić information content (AvgIpc) is 2.39. The fourth-order valence-electron chi connectivity index (χ4n) is 1.94. The van der Waals surface area contributed by atoms with Crippen LogP contribution in [0.2, 0.25) is 0 Å². The van der Waals surface area contributed by atoms with Gasteiger partial charge >= 0.3 is 0 Å². The molecular weight excluding hydrogens is 300 g/mol. The Morgan fingerprint density at radius 1 is 1.26 bits per heavy atom. The molecule has 1 aromatic carbocycles. The van der Waals surface area contributed by atoms with E-state index >= 15 is 0 Å². The molecule has 1 N–H and O–H groups in total. The van der Waals surface area contributed by atoms with Crippen LogP contribution in [0.5, 0.6) is 0 Å². The Kier molecular flexibility index (Phi) is 6.54. The highest BCUT2D eigenvalue weighted by atomic mass is 79.9. The predicted molar refractivity (Wildman–Crippen MR) is 83.8 cm³/mol. The third-order valence-electron chi connectivity index (χ3n) is 3.35. The second-order valence-corrected chi connectivity index (χ2v) is 6.60. The molecule has 3 heteroatoms. The molecular formula is C16H23BrN2. The van der Waals surface area contributed by atoms with Crippen molar-refractivity contribution in [2.45, 2.75) is 46.1 Å². The molecule has 19 heavy (non-hydrogen) atoms. The Hall–Kier alpha value is -0.850. The smallest absolute Gasteiger partial charge is 0.0683 e. The summed E-state index contributed by atoms with van der Waals surface area (Å²) in [6, 6.07) is 11.1. The van der Waals surface area contributed by atoms with Crippen LogP contribution >= 0.6 is 15.9 Å². The van der Waals surface area contributed by atoms with Gasteiger partial charge in [-0.1, -0.05) is 34.5 Å². The molecule has 0 aromatic heterocycles. The van der Waals surface area contributed by atoms with E-state index in [0.29, 0.717) is 6.04 Å². The molecule has 0 aliphatic heterocycles. The van der Waals surface area contributed by atoms with Crippen LogP contribution < -0.4 is 5.32 Å². The maximum atomic E-state index is 8.94. The summed E-state index contributed by atoms with van der Waals surface area (Å²) in [5.74, 6) is 0. The highest BCUT2D eigenvalue weighted by Gasteiger charge is 2.15. The van der Waals surface area contributed by atoms with Crippen molar-refractivity contribution in [3.8, 4) is 6.07 Å². The van der Waals surface area contributed by atoms with Crippen molar-refractivity contribution in [3.63, 3.8) is 0 Å². The number of halogens is 1. The quantitative estimate of drug-likeness (QED) is 0.730. The number of hydrogen-bond donors (Lipinski definition) is 1. The summed E-state index contributed by atoms with van der Waals surface area (Å²) in [6.45, 7) is 7.19. The Morgan fingerprint density at radius 3 is 2.47 bits per heavy atom. The Labute approximate surface area is 125 Å². The van der Waals surface area contributed by atoms with Crippen LogP contribution in [0.15, 0.2) is 28.7 Å². The summed E-state index contributed by atoms with van der Waals surface area (Å²) in [5, 5.41) is 12.5. The SMILES string of the molecule is C[C@@H](NCCCCC(C)(C)C#N)c1ccc(Br)cc1. The van der Waals surface area contributed by atoms with Crippen molar-refractivity contribution in [1.82, 2.24) is 5.32 Å². The van der Waals surface area contributed by atoms with E-state index in [0.717, 1.165) is 30.3 Å². The van der Waals surface area contributed by atoms with E-state index in [9.17, 15) is 0 Å². The molecule has 0 heterocycles. The lowest BCUT2D eigenvalue weighted by atomic mass is 9.89. The van der Waals surface area contributed by atoms with Gasteiger partial charge in [0.15, 0.2) is 0 Å². The fourth-order valence-corrected chi connectivity index (χ4v) is 2.20. The second-order valence-electron chi connectivity index (χ2n) is 5.68. The summed E-state index contributed by atoms with van der Waals surface area (Å²) in [7, 11) is 0. The van der Waals surface area contributed by atoms with Crippen LogP contribution in [0.3, 0.4) is 0 Å². The van der Waals surface area contributed by atoms with Gasteiger partial charge in [0.2, 0.25) is 0 Å². The van der Waals surface area contributed by atoms with Gasteiger partial charge in [0.05, 0.1) is 11.5 Å². The van der Waals surface area contributed by atoms with E-state index in [-0.39, 0.29) is 5.41 Å². The minimum Gasteiger partial charge on any atom is -0.310 e. The van der Waals surface area contributed by atoms with E-state index in [1.807, 2.05) is 13.8 Å². The molecule has 0 aliphatic rings. The number of unbranched alkanes of at least 4 members (excludes halogenated alkanes) is 1. The first-order chi connectivity index (χ1) is 8.94. The first kappa shape index (κ1) is 16.2. The summed E-state index contributed by atoms with van der Waals surface area (Å²) >= 11 is 3.45. The highest BCUT2D eigenvalue weighted by Crippen LogP contribution is 2.21. The van der Waals surface area contributed by atoms with Crippen LogP contribution in [0, 0.1) is 16.7 Å². The van der Waals surface area contributed by atoms with E-state index < -0.39 is 0 Å². The van der Waals surface area contributed by atoms with Crippen molar-refractivity contribution >= 4 is 15.9 Å². The van der Waals surface area contributed by atoms with E-state index in [2.05, 4.69) is 58.5 Å². The number of nitriles is 1. The van der Waals surface area contributed by atoms with Crippen LogP contribution in [0.1, 0.15) is 51.6 Å². The number of benzene rings is 1. The lowest BCUT2D eigenvalue weighted by Gasteiger charge is -2.16. The zero-order valence-electron chi connectivity index (χ0n) is 12.0. The minimum absolute atomic E-state index is 0.183. The largest absolute Gasteiger partial charge is 0.310 e. The highest BCUT2D eigenvalue weighted by molar-refractivity contribution is 9.10. The van der Waals surface area contributed by atoms with Crippen molar-refractivity contribution < 1.29 is 0 Å². The van der Waals surface area contributed by atoms with Gasteiger partial charge in [-0.25, -0.2) is 0 Å². The van der Waals surface area contributed by atoms with E-state index in [1.165, 1.54) is 5.56 Å². The molecule has 0 saturated carbocycles. The first-order valence-corrected chi connectivity index (χ1v) is 7.64. The third kappa shape index (κ3) is 6.22. The van der Waals surface area contributed by atoms with E-state index in [1.54, 1.807) is 0 Å². The van der Waals surface area contributed by atoms with Gasteiger partial charge in [-0.3, -0.25) is 0 Å². The van der Waals surface area contributed by atoms with Gasteiger partial charge < -0.3 is 5.32 Å². The number of hydrogen-bond acceptors (Lipinski definition) is 2. The molecule has 1 aromatic rings. The number of nitrogens with one attached hydrogen (secondary N) is 1. The summed E-state index contributed by atoms with van der Waals surface area (Å²) in [6.07, 6.45) is 3.18. The lowest BCUT2D eigenvalue weighted by Crippen LogP contribution is -2.20. The van der Waals surface area contributed by atoms with Crippen LogP contribution in [-0.4, -0.2) is 6.54 Å². The van der Waals surface area contributed by atoms with Crippen molar-refractivity contribution in [2.75, 3.05) is 6.54 Å². The Balaban J connectivity index is 2.23. The summed E-state index contributed by atoms with van der Waals surface area (Å²) in [4.78, 5) is 0. The Bertz CT molecular complexity index is 417. The molecule has 0 radical (unpaired) electrons. The van der Waals surface area contributed by atoms with Crippen molar-refractivity contribution in [3.05, 3.63) is 34.3 Å². The standard InChI is InChI=1S/C16H23BrN2/c1-13(14-6-8-15(17)9-7-14)19-11-5-4-10-16(2,3)12-18/h6-9,13,19H,4-5,10-11H2,1-3H3/t13-/m1/s1. The van der Waals surface area contributed by atoms with Gasteiger partial charge in [0.1, 0.15) is 0 Å². The molecule has 1 atom stereocenters. The molecule has 2 nitrogen and oxygen atoms in total. The number of rotatable bonds is 7. The van der Waals surface area contributed by atoms with Gasteiger partial charge in [-0.15, -0.1) is 0 Å². The third-order valence-corrected chi connectivity index (χ3v) is 3.88. The molecule has 0 aliphatic carbocycles. The van der Waals surface area contributed by atoms with Gasteiger partial charge in [0, 0.05) is 10.5 Å². The van der Waals surface area contributed by atoms with Crippen LogP contribution in [0.25, 0.3) is 0 Å². The van der Waals surface area contributed by atoms with Crippen LogP contribution in [0.4, 0.5) is 0 Å². The molecule has 1 rings (SSSR count). The second kappa shape index (κ2) is 7.67. The molecule has 104 valence electrons. The normalized spacial score (nSPS) is 13.0. The Morgan fingerprint density at radius 2 is 1.89 bits per heavy atom. The maximum Gasteiger partial charge on any atom is 0.0683 e. The molecule has 0 saturated heterocycles. The monoisotopic (exact) mass is 322 g/mol. The van der Waals surface area contributed by atoms with Crippen LogP contribution in [-0.2, 0) is 0 Å². The fraction of sp³-hybridized carbons (Fsp3) is 0.562. The number of nitrogens with zero attached hydrogens (tertiary/aromatic N) is 1. The first-order valence-electron chi connectivity index (χ1n) is 6.85.